The van der Waals surface area contributed by atoms with Crippen LogP contribution in [-0.2, 0) is 14.1 Å². The molecule has 2 aliphatic rings. The summed E-state index contributed by atoms with van der Waals surface area (Å²) in [5.41, 5.74) is -0.727. The molecule has 0 aromatic carbocycles. The minimum atomic E-state index is -0.605. The Bertz CT molecular complexity index is 668. The van der Waals surface area contributed by atoms with Crippen molar-refractivity contribution in [1.29, 1.82) is 0 Å². The third-order valence-electron chi connectivity index (χ3n) is 4.81. The average Bonchev–Trinajstić information content (AvgIpc) is 2.65. The van der Waals surface area contributed by atoms with Gasteiger partial charge in [-0.3, -0.25) is 9.69 Å². The van der Waals surface area contributed by atoms with E-state index in [9.17, 15) is 4.79 Å². The number of hydrogen-bond donors (Lipinski definition) is 1. The van der Waals surface area contributed by atoms with Crippen LogP contribution in [0.4, 0.5) is 11.6 Å². The minimum Gasteiger partial charge on any atom is -0.398 e. The molecule has 0 radical (unpaired) electrons. The van der Waals surface area contributed by atoms with Crippen molar-refractivity contribution < 1.29 is 14.1 Å². The molecule has 0 atom stereocenters. The van der Waals surface area contributed by atoms with Gasteiger partial charge in [0.25, 0.3) is 0 Å². The first kappa shape index (κ1) is 17.2. The van der Waals surface area contributed by atoms with Gasteiger partial charge in [0, 0.05) is 11.7 Å². The molecule has 0 saturated carbocycles. The lowest BCUT2D eigenvalue weighted by atomic mass is 9.85. The van der Waals surface area contributed by atoms with E-state index in [4.69, 9.17) is 9.31 Å². The van der Waals surface area contributed by atoms with E-state index in [-0.39, 0.29) is 12.5 Å². The van der Waals surface area contributed by atoms with Crippen molar-refractivity contribution in [3.05, 3.63) is 6.20 Å². The second-order valence-corrected chi connectivity index (χ2v) is 8.31. The van der Waals surface area contributed by atoms with Gasteiger partial charge < -0.3 is 14.6 Å². The normalized spacial score (nSPS) is 22.4. The molecule has 7 nitrogen and oxygen atoms in total. The maximum absolute atomic E-state index is 12.4. The zero-order valence-corrected chi connectivity index (χ0v) is 15.4. The summed E-state index contributed by atoms with van der Waals surface area (Å²) in [6.45, 7) is 14.1. The predicted octanol–water partition coefficient (Wildman–Crippen LogP) is 1.33. The molecule has 0 spiro atoms. The molecule has 24 heavy (non-hydrogen) atoms. The Kier molecular flexibility index (Phi) is 3.69. The minimum absolute atomic E-state index is 0.0321. The molecule has 1 aromatic rings. The van der Waals surface area contributed by atoms with Crippen molar-refractivity contribution in [3.8, 4) is 0 Å². The van der Waals surface area contributed by atoms with Gasteiger partial charge in [-0.25, -0.2) is 9.97 Å². The van der Waals surface area contributed by atoms with Crippen molar-refractivity contribution in [2.45, 2.75) is 65.2 Å². The lowest BCUT2D eigenvalue weighted by molar-refractivity contribution is -0.118. The molecule has 1 amide bonds. The maximum Gasteiger partial charge on any atom is 0.516 e. The topological polar surface area (TPSA) is 76.6 Å². The largest absolute Gasteiger partial charge is 0.516 e. The number of nitrogens with one attached hydrogen (secondary N) is 1. The van der Waals surface area contributed by atoms with Crippen LogP contribution in [0.15, 0.2) is 6.20 Å². The van der Waals surface area contributed by atoms with Crippen molar-refractivity contribution in [2.75, 3.05) is 16.8 Å². The Morgan fingerprint density at radius 1 is 1.21 bits per heavy atom. The summed E-state index contributed by atoms with van der Waals surface area (Å²) in [7, 11) is -0.605. The first-order valence-electron chi connectivity index (χ1n) is 8.22. The Morgan fingerprint density at radius 3 is 2.33 bits per heavy atom. The van der Waals surface area contributed by atoms with Gasteiger partial charge in [-0.05, 0) is 48.5 Å². The highest BCUT2D eigenvalue weighted by atomic mass is 16.7. The average molecular weight is 332 g/mol. The van der Waals surface area contributed by atoms with E-state index >= 15 is 0 Å². The molecule has 3 heterocycles. The van der Waals surface area contributed by atoms with Gasteiger partial charge >= 0.3 is 7.12 Å². The SMILES string of the molecule is CC(C)(C)N1C(=O)CNc2ncc(B3OC(C)(C)C(C)(C)O3)nc21. The van der Waals surface area contributed by atoms with Gasteiger partial charge in [-0.1, -0.05) is 0 Å². The highest BCUT2D eigenvalue weighted by molar-refractivity contribution is 6.61. The fourth-order valence-corrected chi connectivity index (χ4v) is 2.80. The van der Waals surface area contributed by atoms with Gasteiger partial charge in [-0.2, -0.15) is 0 Å². The van der Waals surface area contributed by atoms with Crippen LogP contribution < -0.4 is 15.8 Å². The molecule has 1 fully saturated rings. The number of hydrogen-bond acceptors (Lipinski definition) is 6. The standard InChI is InChI=1S/C16H25BN4O3/c1-14(2,3)21-11(22)9-19-12-13(21)20-10(8-18-12)17-23-15(4,5)16(6,7)24-17/h8H,9H2,1-7H3,(H,18,19). The van der Waals surface area contributed by atoms with Gasteiger partial charge in [-0.15, -0.1) is 0 Å². The van der Waals surface area contributed by atoms with Crippen LogP contribution in [0.25, 0.3) is 0 Å². The van der Waals surface area contributed by atoms with E-state index in [2.05, 4.69) is 15.3 Å². The summed E-state index contributed by atoms with van der Waals surface area (Å²) in [4.78, 5) is 23.1. The van der Waals surface area contributed by atoms with Crippen molar-refractivity contribution in [3.63, 3.8) is 0 Å². The zero-order chi connectivity index (χ0) is 17.9. The molecular formula is C16H25BN4O3. The van der Waals surface area contributed by atoms with Gasteiger partial charge in [0.1, 0.15) is 0 Å². The number of anilines is 2. The number of carbonyl (C=O) groups is 1. The van der Waals surface area contributed by atoms with Crippen LogP contribution in [0, 0.1) is 0 Å². The molecule has 3 rings (SSSR count). The molecule has 2 aliphatic heterocycles. The Morgan fingerprint density at radius 2 is 1.79 bits per heavy atom. The smallest absolute Gasteiger partial charge is 0.398 e. The van der Waals surface area contributed by atoms with Crippen LogP contribution in [0.5, 0.6) is 0 Å². The Hall–Kier alpha value is -1.67. The fourth-order valence-electron chi connectivity index (χ4n) is 2.80. The van der Waals surface area contributed by atoms with Gasteiger partial charge in [0.2, 0.25) is 5.91 Å². The number of aromatic nitrogens is 2. The van der Waals surface area contributed by atoms with Crippen LogP contribution in [-0.4, -0.2) is 46.3 Å². The quantitative estimate of drug-likeness (QED) is 0.782. The first-order valence-corrected chi connectivity index (χ1v) is 8.22. The summed E-state index contributed by atoms with van der Waals surface area (Å²) < 4.78 is 12.1. The van der Waals surface area contributed by atoms with E-state index in [0.29, 0.717) is 17.2 Å². The van der Waals surface area contributed by atoms with E-state index < -0.39 is 23.9 Å². The molecule has 1 N–H and O–H groups in total. The summed E-state index contributed by atoms with van der Waals surface area (Å²) in [6, 6.07) is 0. The number of amides is 1. The highest BCUT2D eigenvalue weighted by Crippen LogP contribution is 2.37. The summed E-state index contributed by atoms with van der Waals surface area (Å²) in [5.74, 6) is 1.09. The Labute approximate surface area is 143 Å². The maximum atomic E-state index is 12.4. The van der Waals surface area contributed by atoms with Crippen LogP contribution in [0.1, 0.15) is 48.5 Å². The molecule has 0 bridgehead atoms. The Balaban J connectivity index is 2.00. The first-order chi connectivity index (χ1) is 10.9. The molecule has 0 unspecified atom stereocenters. The number of fused-ring (bicyclic) bond motifs is 1. The van der Waals surface area contributed by atoms with E-state index in [0.717, 1.165) is 0 Å². The fraction of sp³-hybridized carbons (Fsp3) is 0.688. The third-order valence-corrected chi connectivity index (χ3v) is 4.81. The second-order valence-electron chi connectivity index (χ2n) is 8.31. The molecule has 1 saturated heterocycles. The van der Waals surface area contributed by atoms with E-state index in [1.807, 2.05) is 48.5 Å². The number of rotatable bonds is 1. The number of nitrogens with zero attached hydrogens (tertiary/aromatic N) is 3. The summed E-state index contributed by atoms with van der Waals surface area (Å²) in [5, 5.41) is 3.02. The molecule has 8 heteroatoms. The van der Waals surface area contributed by atoms with Crippen LogP contribution >= 0.6 is 0 Å². The molecule has 130 valence electrons. The lowest BCUT2D eigenvalue weighted by Gasteiger charge is -2.38. The van der Waals surface area contributed by atoms with Crippen molar-refractivity contribution in [1.82, 2.24) is 9.97 Å². The molecule has 0 aliphatic carbocycles. The number of carbonyl (C=O) groups excluding carboxylic acids is 1. The lowest BCUT2D eigenvalue weighted by Crippen LogP contribution is -2.52. The van der Waals surface area contributed by atoms with Gasteiger partial charge in [0.05, 0.1) is 23.3 Å². The zero-order valence-electron chi connectivity index (χ0n) is 15.4. The van der Waals surface area contributed by atoms with E-state index in [1.165, 1.54) is 0 Å². The third kappa shape index (κ3) is 2.67. The van der Waals surface area contributed by atoms with Gasteiger partial charge in [0.15, 0.2) is 11.6 Å². The second kappa shape index (κ2) is 5.16. The summed E-state index contributed by atoms with van der Waals surface area (Å²) >= 11 is 0. The van der Waals surface area contributed by atoms with E-state index in [1.54, 1.807) is 11.1 Å². The van der Waals surface area contributed by atoms with Crippen LogP contribution in [0.3, 0.4) is 0 Å². The summed E-state index contributed by atoms with van der Waals surface area (Å²) in [6.07, 6.45) is 1.64. The predicted molar refractivity (Wildman–Crippen MR) is 93.5 cm³/mol. The molecule has 1 aromatic heterocycles. The van der Waals surface area contributed by atoms with Crippen LogP contribution in [0.2, 0.25) is 0 Å². The highest BCUT2D eigenvalue weighted by Gasteiger charge is 2.53. The monoisotopic (exact) mass is 332 g/mol. The van der Waals surface area contributed by atoms with Crippen molar-refractivity contribution in [2.24, 2.45) is 0 Å². The van der Waals surface area contributed by atoms with Crippen molar-refractivity contribution >= 4 is 30.3 Å². The molecular weight excluding hydrogens is 307 g/mol.